The van der Waals surface area contributed by atoms with Gasteiger partial charge < -0.3 is 24.8 Å². The molecular formula is C26H34N6O. The summed E-state index contributed by atoms with van der Waals surface area (Å²) in [5, 5.41) is 7.01. The molecule has 174 valence electrons. The first-order valence-corrected chi connectivity index (χ1v) is 11.7. The lowest BCUT2D eigenvalue weighted by Gasteiger charge is -2.22. The third kappa shape index (κ3) is 6.06. The first-order chi connectivity index (χ1) is 16.3. The van der Waals surface area contributed by atoms with Gasteiger partial charge in [0.2, 0.25) is 0 Å². The van der Waals surface area contributed by atoms with E-state index in [-0.39, 0.29) is 0 Å². The summed E-state index contributed by atoms with van der Waals surface area (Å²) in [6.07, 6.45) is 7.13. The van der Waals surface area contributed by atoms with Gasteiger partial charge in [-0.3, -0.25) is 4.99 Å². The molecule has 1 aromatic heterocycles. The van der Waals surface area contributed by atoms with Crippen LogP contribution >= 0.6 is 0 Å². The lowest BCUT2D eigenvalue weighted by atomic mass is 10.1. The lowest BCUT2D eigenvalue weighted by Crippen LogP contribution is -2.44. The van der Waals surface area contributed by atoms with E-state index in [9.17, 15) is 0 Å². The number of hydrogen-bond donors (Lipinski definition) is 2. The van der Waals surface area contributed by atoms with Crippen LogP contribution in [0, 0.1) is 0 Å². The molecule has 2 N–H and O–H groups in total. The number of nitrogens with zero attached hydrogens (tertiary/aromatic N) is 4. The van der Waals surface area contributed by atoms with Gasteiger partial charge in [-0.15, -0.1) is 0 Å². The van der Waals surface area contributed by atoms with Crippen LogP contribution in [0.25, 0.3) is 0 Å². The smallest absolute Gasteiger partial charge is 0.191 e. The zero-order valence-electron chi connectivity index (χ0n) is 19.6. The van der Waals surface area contributed by atoms with Crippen LogP contribution in [0.2, 0.25) is 0 Å². The average Bonchev–Trinajstić information content (AvgIpc) is 3.52. The van der Waals surface area contributed by atoms with Crippen LogP contribution in [-0.4, -0.2) is 48.8 Å². The molecule has 1 aliphatic rings. The van der Waals surface area contributed by atoms with Crippen LogP contribution in [-0.2, 0) is 19.5 Å². The third-order valence-electron chi connectivity index (χ3n) is 6.10. The van der Waals surface area contributed by atoms with Crippen molar-refractivity contribution in [2.24, 2.45) is 4.99 Å². The first-order valence-electron chi connectivity index (χ1n) is 11.7. The van der Waals surface area contributed by atoms with E-state index in [1.165, 1.54) is 5.56 Å². The second-order valence-electron chi connectivity index (χ2n) is 8.30. The molecule has 0 bridgehead atoms. The van der Waals surface area contributed by atoms with Crippen LogP contribution < -0.4 is 20.3 Å². The monoisotopic (exact) mass is 446 g/mol. The predicted molar refractivity (Wildman–Crippen MR) is 134 cm³/mol. The fraction of sp³-hybridized carbons (Fsp3) is 0.385. The molecule has 1 aliphatic heterocycles. The third-order valence-corrected chi connectivity index (χ3v) is 6.10. The molecule has 2 heterocycles. The van der Waals surface area contributed by atoms with E-state index in [1.807, 2.05) is 25.4 Å². The van der Waals surface area contributed by atoms with E-state index < -0.39 is 0 Å². The zero-order chi connectivity index (χ0) is 22.9. The maximum Gasteiger partial charge on any atom is 0.191 e. The highest BCUT2D eigenvalue weighted by atomic mass is 16.5. The Morgan fingerprint density at radius 3 is 2.79 bits per heavy atom. The number of aromatic nitrogens is 2. The SMILES string of the molecule is CN=C(NCc1nccn1CCCc1ccccc1)NC1CCN(c2ccccc2OC)C1. The summed E-state index contributed by atoms with van der Waals surface area (Å²) >= 11 is 0. The molecule has 7 heteroatoms. The van der Waals surface area contributed by atoms with Crippen LogP contribution in [0.15, 0.2) is 72.0 Å². The molecule has 4 rings (SSSR count). The highest BCUT2D eigenvalue weighted by Gasteiger charge is 2.25. The Morgan fingerprint density at radius 1 is 1.15 bits per heavy atom. The lowest BCUT2D eigenvalue weighted by molar-refractivity contribution is 0.415. The highest BCUT2D eigenvalue weighted by molar-refractivity contribution is 5.80. The standard InChI is InChI=1S/C26H34N6O/c1-27-26(30-22-14-17-32(20-22)23-12-6-7-13-24(23)33-2)29-19-25-28-15-18-31(25)16-8-11-21-9-4-3-5-10-21/h3-7,9-10,12-13,15,18,22H,8,11,14,16-17,19-20H2,1-2H3,(H2,27,29,30). The van der Waals surface area contributed by atoms with Crippen LogP contribution in [0.3, 0.4) is 0 Å². The average molecular weight is 447 g/mol. The number of ether oxygens (including phenoxy) is 1. The number of aryl methyl sites for hydroxylation is 2. The number of hydrogen-bond acceptors (Lipinski definition) is 4. The van der Waals surface area contributed by atoms with Gasteiger partial charge in [0, 0.05) is 45.1 Å². The maximum atomic E-state index is 5.53. The summed E-state index contributed by atoms with van der Waals surface area (Å²) in [4.78, 5) is 11.3. The Bertz CT molecular complexity index is 1030. The van der Waals surface area contributed by atoms with Crippen LogP contribution in [0.4, 0.5) is 5.69 Å². The first kappa shape index (κ1) is 22.7. The summed E-state index contributed by atoms with van der Waals surface area (Å²) < 4.78 is 7.76. The molecule has 33 heavy (non-hydrogen) atoms. The molecule has 0 saturated carbocycles. The maximum absolute atomic E-state index is 5.53. The number of methoxy groups -OCH3 is 1. The van der Waals surface area contributed by atoms with Crippen molar-refractivity contribution >= 4 is 11.6 Å². The number of aliphatic imine (C=N–C) groups is 1. The quantitative estimate of drug-likeness (QED) is 0.389. The van der Waals surface area contributed by atoms with Crippen molar-refractivity contribution < 1.29 is 4.74 Å². The molecular weight excluding hydrogens is 412 g/mol. The molecule has 0 amide bonds. The van der Waals surface area contributed by atoms with Crippen LogP contribution in [0.1, 0.15) is 24.2 Å². The van der Waals surface area contributed by atoms with Crippen molar-refractivity contribution in [1.82, 2.24) is 20.2 Å². The van der Waals surface area contributed by atoms with Gasteiger partial charge in [0.1, 0.15) is 11.6 Å². The van der Waals surface area contributed by atoms with Gasteiger partial charge in [0.25, 0.3) is 0 Å². The Labute approximate surface area is 196 Å². The Balaban J connectivity index is 1.25. The summed E-state index contributed by atoms with van der Waals surface area (Å²) in [7, 11) is 3.54. The van der Waals surface area contributed by atoms with E-state index in [1.54, 1.807) is 7.11 Å². The van der Waals surface area contributed by atoms with Crippen molar-refractivity contribution in [3.05, 3.63) is 78.4 Å². The minimum absolute atomic E-state index is 0.326. The molecule has 1 atom stereocenters. The van der Waals surface area contributed by atoms with Crippen LogP contribution in [0.5, 0.6) is 5.75 Å². The van der Waals surface area contributed by atoms with E-state index in [4.69, 9.17) is 4.74 Å². The second kappa shape index (κ2) is 11.4. The number of imidazole rings is 1. The van der Waals surface area contributed by atoms with E-state index >= 15 is 0 Å². The van der Waals surface area contributed by atoms with Gasteiger partial charge in [-0.05, 0) is 37.0 Å². The van der Waals surface area contributed by atoms with Crippen molar-refractivity contribution in [3.8, 4) is 5.75 Å². The second-order valence-corrected chi connectivity index (χ2v) is 8.30. The topological polar surface area (TPSA) is 66.7 Å². The summed E-state index contributed by atoms with van der Waals surface area (Å²) in [6.45, 7) is 3.49. The Kier molecular flexibility index (Phi) is 7.85. The van der Waals surface area contributed by atoms with E-state index in [0.29, 0.717) is 12.6 Å². The Hall–Kier alpha value is -3.48. The normalized spacial score (nSPS) is 16.1. The van der Waals surface area contributed by atoms with Gasteiger partial charge >= 0.3 is 0 Å². The number of guanidine groups is 1. The van der Waals surface area contributed by atoms with Gasteiger partial charge in [-0.1, -0.05) is 42.5 Å². The molecule has 2 aromatic carbocycles. The molecule has 3 aromatic rings. The predicted octanol–water partition coefficient (Wildman–Crippen LogP) is 3.47. The number of nitrogens with one attached hydrogen (secondary N) is 2. The molecule has 1 fully saturated rings. The summed E-state index contributed by atoms with van der Waals surface area (Å²) in [6, 6.07) is 19.1. The van der Waals surface area contributed by atoms with Gasteiger partial charge in [-0.2, -0.15) is 0 Å². The fourth-order valence-corrected chi connectivity index (χ4v) is 4.35. The minimum atomic E-state index is 0.326. The van der Waals surface area contributed by atoms with E-state index in [0.717, 1.165) is 62.1 Å². The molecule has 0 radical (unpaired) electrons. The van der Waals surface area contributed by atoms with Crippen molar-refractivity contribution in [2.75, 3.05) is 32.1 Å². The molecule has 0 spiro atoms. The number of rotatable bonds is 9. The molecule has 7 nitrogen and oxygen atoms in total. The molecule has 1 unspecified atom stereocenters. The largest absolute Gasteiger partial charge is 0.495 e. The fourth-order valence-electron chi connectivity index (χ4n) is 4.35. The van der Waals surface area contributed by atoms with Gasteiger partial charge in [-0.25, -0.2) is 4.98 Å². The summed E-state index contributed by atoms with van der Waals surface area (Å²) in [5.74, 6) is 2.74. The number of para-hydroxylation sites is 2. The Morgan fingerprint density at radius 2 is 1.97 bits per heavy atom. The van der Waals surface area contributed by atoms with Crippen molar-refractivity contribution in [1.29, 1.82) is 0 Å². The van der Waals surface area contributed by atoms with Gasteiger partial charge in [0.15, 0.2) is 5.96 Å². The molecule has 0 aliphatic carbocycles. The number of anilines is 1. The van der Waals surface area contributed by atoms with Crippen molar-refractivity contribution in [2.45, 2.75) is 38.4 Å². The molecule has 1 saturated heterocycles. The zero-order valence-corrected chi connectivity index (χ0v) is 19.6. The van der Waals surface area contributed by atoms with E-state index in [2.05, 4.69) is 78.7 Å². The minimum Gasteiger partial charge on any atom is -0.495 e. The number of benzene rings is 2. The van der Waals surface area contributed by atoms with Gasteiger partial charge in [0.05, 0.1) is 19.3 Å². The summed E-state index contributed by atoms with van der Waals surface area (Å²) in [5.41, 5.74) is 2.52. The highest BCUT2D eigenvalue weighted by Crippen LogP contribution is 2.30. The van der Waals surface area contributed by atoms with Crippen molar-refractivity contribution in [3.63, 3.8) is 0 Å².